The van der Waals surface area contributed by atoms with Gasteiger partial charge in [-0.2, -0.15) is 4.98 Å². The second-order valence-electron chi connectivity index (χ2n) is 4.98. The fourth-order valence-electron chi connectivity index (χ4n) is 2.29. The monoisotopic (exact) mass is 273 g/mol. The van der Waals surface area contributed by atoms with E-state index in [0.717, 1.165) is 49.9 Å². The van der Waals surface area contributed by atoms with Gasteiger partial charge in [-0.3, -0.25) is 0 Å². The van der Waals surface area contributed by atoms with E-state index in [4.69, 9.17) is 0 Å². The molecule has 0 aliphatic carbocycles. The maximum Gasteiger partial charge on any atom is 0.224 e. The first-order valence-corrected chi connectivity index (χ1v) is 6.97. The normalized spacial score (nSPS) is 14.2. The molecule has 0 unspecified atom stereocenters. The molecule has 1 aliphatic rings. The van der Waals surface area contributed by atoms with Gasteiger partial charge in [-0.05, 0) is 13.3 Å². The molecule has 0 saturated carbocycles. The van der Waals surface area contributed by atoms with Crippen molar-refractivity contribution < 1.29 is 0 Å². The van der Waals surface area contributed by atoms with Crippen molar-refractivity contribution >= 4 is 11.8 Å². The van der Waals surface area contributed by atoms with E-state index >= 15 is 0 Å². The summed E-state index contributed by atoms with van der Waals surface area (Å²) in [5.41, 5.74) is 0.973. The van der Waals surface area contributed by atoms with Gasteiger partial charge in [-0.15, -0.1) is 10.2 Å². The Balaban J connectivity index is 1.82. The molecule has 1 aliphatic heterocycles. The molecule has 0 spiro atoms. The number of nitrogens with one attached hydrogen (secondary N) is 1. The average Bonchev–Trinajstić information content (AvgIpc) is 2.92. The molecule has 2 aromatic heterocycles. The highest BCUT2D eigenvalue weighted by Crippen LogP contribution is 2.19. The molecule has 1 N–H and O–H groups in total. The van der Waals surface area contributed by atoms with Crippen LogP contribution >= 0.6 is 0 Å². The van der Waals surface area contributed by atoms with Crippen LogP contribution in [-0.2, 0) is 13.1 Å². The highest BCUT2D eigenvalue weighted by atomic mass is 15.3. The van der Waals surface area contributed by atoms with Crippen LogP contribution in [0.25, 0.3) is 0 Å². The number of nitrogens with zero attached hydrogens (tertiary/aromatic N) is 6. The smallest absolute Gasteiger partial charge is 0.224 e. The van der Waals surface area contributed by atoms with E-state index in [1.165, 1.54) is 0 Å². The van der Waals surface area contributed by atoms with Crippen molar-refractivity contribution in [2.24, 2.45) is 0 Å². The van der Waals surface area contributed by atoms with Crippen molar-refractivity contribution in [2.75, 3.05) is 23.3 Å². The number of aryl methyl sites for hydroxylation is 1. The lowest BCUT2D eigenvalue weighted by molar-refractivity contribution is 0.556. The molecule has 106 valence electrons. The third-order valence-electron chi connectivity index (χ3n) is 3.34. The van der Waals surface area contributed by atoms with E-state index in [2.05, 4.69) is 41.9 Å². The summed E-state index contributed by atoms with van der Waals surface area (Å²) in [6, 6.07) is 2.02. The van der Waals surface area contributed by atoms with Gasteiger partial charge in [0.05, 0.1) is 6.54 Å². The van der Waals surface area contributed by atoms with Gasteiger partial charge in [0, 0.05) is 31.4 Å². The van der Waals surface area contributed by atoms with Crippen molar-refractivity contribution in [3.8, 4) is 0 Å². The molecular formula is C13H19N7. The van der Waals surface area contributed by atoms with Crippen molar-refractivity contribution in [2.45, 2.75) is 33.4 Å². The van der Waals surface area contributed by atoms with E-state index in [-0.39, 0.29) is 0 Å². The molecule has 0 bridgehead atoms. The third kappa shape index (κ3) is 2.56. The zero-order valence-corrected chi connectivity index (χ0v) is 11.9. The molecule has 0 amide bonds. The third-order valence-corrected chi connectivity index (χ3v) is 3.34. The Morgan fingerprint density at radius 1 is 1.30 bits per heavy atom. The minimum absolute atomic E-state index is 0.703. The van der Waals surface area contributed by atoms with Gasteiger partial charge in [0.2, 0.25) is 5.95 Å². The number of hydrogen-bond acceptors (Lipinski definition) is 6. The van der Waals surface area contributed by atoms with Gasteiger partial charge in [0.15, 0.2) is 5.82 Å². The van der Waals surface area contributed by atoms with E-state index in [9.17, 15) is 0 Å². The van der Waals surface area contributed by atoms with Crippen molar-refractivity contribution in [1.82, 2.24) is 24.7 Å². The quantitative estimate of drug-likeness (QED) is 0.903. The Kier molecular flexibility index (Phi) is 3.49. The zero-order valence-electron chi connectivity index (χ0n) is 11.9. The Morgan fingerprint density at radius 3 is 3.05 bits per heavy atom. The predicted octanol–water partition coefficient (Wildman–Crippen LogP) is 1.22. The molecule has 20 heavy (non-hydrogen) atoms. The maximum atomic E-state index is 4.60. The van der Waals surface area contributed by atoms with E-state index in [1.807, 2.05) is 13.0 Å². The van der Waals surface area contributed by atoms with Gasteiger partial charge in [-0.1, -0.05) is 6.92 Å². The molecule has 0 radical (unpaired) electrons. The number of rotatable bonds is 4. The minimum Gasteiger partial charge on any atom is -0.354 e. The second kappa shape index (κ2) is 5.44. The summed E-state index contributed by atoms with van der Waals surface area (Å²) < 4.78 is 2.08. The summed E-state index contributed by atoms with van der Waals surface area (Å²) in [5.74, 6) is 2.63. The summed E-state index contributed by atoms with van der Waals surface area (Å²) in [7, 11) is 0. The predicted molar refractivity (Wildman–Crippen MR) is 76.6 cm³/mol. The summed E-state index contributed by atoms with van der Waals surface area (Å²) >= 11 is 0. The van der Waals surface area contributed by atoms with Gasteiger partial charge in [-0.25, -0.2) is 4.98 Å². The van der Waals surface area contributed by atoms with E-state index in [1.54, 1.807) is 6.33 Å². The molecular weight excluding hydrogens is 254 g/mol. The first-order chi connectivity index (χ1) is 9.76. The number of aromatic nitrogens is 5. The molecule has 0 atom stereocenters. The van der Waals surface area contributed by atoms with Crippen molar-refractivity contribution in [3.05, 3.63) is 23.9 Å². The zero-order chi connectivity index (χ0) is 13.9. The molecule has 0 fully saturated rings. The summed E-state index contributed by atoms with van der Waals surface area (Å²) in [4.78, 5) is 11.2. The Bertz CT molecular complexity index is 592. The Labute approximate surface area is 118 Å². The number of fused-ring (bicyclic) bond motifs is 1. The fraction of sp³-hybridized carbons (Fsp3) is 0.538. The maximum absolute atomic E-state index is 4.60. The van der Waals surface area contributed by atoms with Crippen molar-refractivity contribution in [3.63, 3.8) is 0 Å². The lowest BCUT2D eigenvalue weighted by Crippen LogP contribution is -2.34. The van der Waals surface area contributed by atoms with Crippen LogP contribution in [0.2, 0.25) is 0 Å². The summed E-state index contributed by atoms with van der Waals surface area (Å²) in [6.07, 6.45) is 2.84. The summed E-state index contributed by atoms with van der Waals surface area (Å²) in [5, 5.41) is 11.3. The average molecular weight is 273 g/mol. The van der Waals surface area contributed by atoms with Crippen LogP contribution in [0, 0.1) is 6.92 Å². The number of hydrogen-bond donors (Lipinski definition) is 1. The van der Waals surface area contributed by atoms with E-state index in [0.29, 0.717) is 5.95 Å². The Hall–Kier alpha value is -2.18. The molecule has 0 saturated heterocycles. The fourth-order valence-corrected chi connectivity index (χ4v) is 2.29. The van der Waals surface area contributed by atoms with Crippen molar-refractivity contribution in [1.29, 1.82) is 0 Å². The van der Waals surface area contributed by atoms with Gasteiger partial charge >= 0.3 is 0 Å². The molecule has 7 nitrogen and oxygen atoms in total. The standard InChI is InChI=1S/C13H19N7/c1-3-4-14-13-16-10(2)7-11(17-13)19-5-6-20-9-15-18-12(20)8-19/h7,9H,3-6,8H2,1-2H3,(H,14,16,17). The van der Waals surface area contributed by atoms with E-state index < -0.39 is 0 Å². The Morgan fingerprint density at radius 2 is 2.20 bits per heavy atom. The molecule has 3 rings (SSSR count). The van der Waals surface area contributed by atoms with Gasteiger partial charge < -0.3 is 14.8 Å². The number of anilines is 2. The van der Waals surface area contributed by atoms with Crippen LogP contribution in [-0.4, -0.2) is 37.8 Å². The second-order valence-corrected chi connectivity index (χ2v) is 4.98. The lowest BCUT2D eigenvalue weighted by atomic mass is 10.3. The first kappa shape index (κ1) is 12.8. The molecule has 2 aromatic rings. The molecule has 7 heteroatoms. The highest BCUT2D eigenvalue weighted by molar-refractivity contribution is 5.45. The largest absolute Gasteiger partial charge is 0.354 e. The van der Waals surface area contributed by atoms with Gasteiger partial charge in [0.25, 0.3) is 0 Å². The van der Waals surface area contributed by atoms with Crippen LogP contribution in [0.3, 0.4) is 0 Å². The first-order valence-electron chi connectivity index (χ1n) is 6.97. The SMILES string of the molecule is CCCNc1nc(C)cc(N2CCn3cnnc3C2)n1. The summed E-state index contributed by atoms with van der Waals surface area (Å²) in [6.45, 7) is 7.55. The highest BCUT2D eigenvalue weighted by Gasteiger charge is 2.19. The lowest BCUT2D eigenvalue weighted by Gasteiger charge is -2.28. The van der Waals surface area contributed by atoms with Gasteiger partial charge in [0.1, 0.15) is 12.1 Å². The van der Waals surface area contributed by atoms with Crippen LogP contribution in [0.4, 0.5) is 11.8 Å². The molecule has 3 heterocycles. The topological polar surface area (TPSA) is 71.8 Å². The van der Waals surface area contributed by atoms with Crippen LogP contribution in [0.15, 0.2) is 12.4 Å². The molecule has 0 aromatic carbocycles. The van der Waals surface area contributed by atoms with Crippen LogP contribution < -0.4 is 10.2 Å². The minimum atomic E-state index is 0.703. The van der Waals surface area contributed by atoms with Crippen LogP contribution in [0.1, 0.15) is 24.9 Å². The van der Waals surface area contributed by atoms with Crippen LogP contribution in [0.5, 0.6) is 0 Å².